The third-order valence-electron chi connectivity index (χ3n) is 5.33. The molecule has 0 aliphatic carbocycles. The minimum absolute atomic E-state index is 0.0284. The fourth-order valence-electron chi connectivity index (χ4n) is 3.86. The van der Waals surface area contributed by atoms with E-state index in [2.05, 4.69) is 16.7 Å². The van der Waals surface area contributed by atoms with Crippen molar-refractivity contribution in [3.8, 4) is 6.07 Å². The Morgan fingerprint density at radius 3 is 2.49 bits per heavy atom. The summed E-state index contributed by atoms with van der Waals surface area (Å²) in [4.78, 5) is 25.9. The van der Waals surface area contributed by atoms with Crippen LogP contribution in [0.2, 0.25) is 10.0 Å². The second-order valence-corrected chi connectivity index (χ2v) is 9.66. The van der Waals surface area contributed by atoms with Gasteiger partial charge in [0, 0.05) is 15.7 Å². The van der Waals surface area contributed by atoms with Crippen LogP contribution in [0.3, 0.4) is 0 Å². The van der Waals surface area contributed by atoms with Gasteiger partial charge in [-0.3, -0.25) is 4.79 Å². The van der Waals surface area contributed by atoms with E-state index in [0.717, 1.165) is 17.3 Å². The Labute approximate surface area is 228 Å². The molecule has 0 spiro atoms. The van der Waals surface area contributed by atoms with Crippen molar-refractivity contribution in [2.45, 2.75) is 12.8 Å². The molecule has 1 aliphatic rings. The van der Waals surface area contributed by atoms with Crippen LogP contribution in [0.4, 0.5) is 5.69 Å². The lowest BCUT2D eigenvalue weighted by Crippen LogP contribution is -2.29. The first-order valence-electron chi connectivity index (χ1n) is 11.2. The monoisotopic (exact) mass is 553 g/mol. The number of nitrogens with zero attached hydrogens (tertiary/aromatic N) is 1. The summed E-state index contributed by atoms with van der Waals surface area (Å²) in [5.41, 5.74) is 2.14. The van der Waals surface area contributed by atoms with Crippen LogP contribution in [0.5, 0.6) is 0 Å². The van der Waals surface area contributed by atoms with Gasteiger partial charge in [0.1, 0.15) is 5.76 Å². The number of thioether (sulfide) groups is 1. The molecule has 0 fully saturated rings. The molecule has 2 heterocycles. The van der Waals surface area contributed by atoms with E-state index >= 15 is 0 Å². The number of hydrogen-bond donors (Lipinski definition) is 2. The van der Waals surface area contributed by atoms with Gasteiger partial charge in [0.2, 0.25) is 5.91 Å². The fraction of sp³-hybridized carbons (Fsp3) is 0.148. The molecule has 0 bridgehead atoms. The Bertz CT molecular complexity index is 1390. The highest BCUT2D eigenvalue weighted by atomic mass is 35.5. The number of nitrogens with one attached hydrogen (secondary N) is 2. The summed E-state index contributed by atoms with van der Waals surface area (Å²) in [6, 6.07) is 19.6. The normalized spacial score (nSPS) is 15.1. The predicted octanol–water partition coefficient (Wildman–Crippen LogP) is 6.35. The van der Waals surface area contributed by atoms with E-state index in [4.69, 9.17) is 32.4 Å². The van der Waals surface area contributed by atoms with Gasteiger partial charge in [-0.25, -0.2) is 4.79 Å². The zero-order valence-electron chi connectivity index (χ0n) is 19.6. The second kappa shape index (κ2) is 12.1. The Hall–Kier alpha value is -3.64. The standard InChI is InChI=1S/C27H21Cl2N3O4S/c1-2-35-27(34)24-23(21-9-6-10-36-21)20(14-30)26(32-25(24)16-7-4-3-5-8-16)37-15-22(33)31-19-12-17(28)11-18(29)13-19/h3-13,23,32H,2,15H2,1H3,(H,31,33). The quantitative estimate of drug-likeness (QED) is 0.313. The number of benzene rings is 2. The van der Waals surface area contributed by atoms with Crippen LogP contribution in [0.15, 0.2) is 87.5 Å². The lowest BCUT2D eigenvalue weighted by Gasteiger charge is -2.29. The van der Waals surface area contributed by atoms with Gasteiger partial charge in [0.25, 0.3) is 0 Å². The molecule has 0 saturated carbocycles. The average molecular weight is 554 g/mol. The summed E-state index contributed by atoms with van der Waals surface area (Å²) in [6.45, 7) is 1.88. The molecule has 7 nitrogen and oxygen atoms in total. The second-order valence-electron chi connectivity index (χ2n) is 7.80. The molecule has 37 heavy (non-hydrogen) atoms. The maximum Gasteiger partial charge on any atom is 0.337 e. The Kier molecular flexibility index (Phi) is 8.62. The van der Waals surface area contributed by atoms with E-state index in [1.807, 2.05) is 30.3 Å². The largest absolute Gasteiger partial charge is 0.468 e. The maximum absolute atomic E-state index is 13.2. The number of furan rings is 1. The highest BCUT2D eigenvalue weighted by Gasteiger charge is 2.38. The molecular formula is C27H21Cl2N3O4S. The number of rotatable bonds is 8. The smallest absolute Gasteiger partial charge is 0.337 e. The molecule has 1 amide bonds. The van der Waals surface area contributed by atoms with Gasteiger partial charge in [-0.05, 0) is 42.8 Å². The summed E-state index contributed by atoms with van der Waals surface area (Å²) < 4.78 is 11.0. The van der Waals surface area contributed by atoms with Crippen LogP contribution in [0, 0.1) is 11.3 Å². The molecule has 3 aromatic rings. The molecule has 10 heteroatoms. The number of hydrogen-bond acceptors (Lipinski definition) is 7. The minimum atomic E-state index is -0.826. The molecule has 2 aromatic carbocycles. The number of anilines is 1. The van der Waals surface area contributed by atoms with E-state index in [1.165, 1.54) is 6.26 Å². The van der Waals surface area contributed by atoms with Gasteiger partial charge in [-0.1, -0.05) is 65.3 Å². The van der Waals surface area contributed by atoms with Crippen molar-refractivity contribution < 1.29 is 18.7 Å². The molecule has 1 aliphatic heterocycles. The van der Waals surface area contributed by atoms with Crippen LogP contribution in [-0.2, 0) is 14.3 Å². The van der Waals surface area contributed by atoms with Crippen LogP contribution >= 0.6 is 35.0 Å². The lowest BCUT2D eigenvalue weighted by atomic mass is 9.84. The van der Waals surface area contributed by atoms with Gasteiger partial charge in [0.15, 0.2) is 0 Å². The molecule has 188 valence electrons. The number of halogens is 2. The summed E-state index contributed by atoms with van der Waals surface area (Å²) in [5.74, 6) is -1.34. The number of allylic oxidation sites excluding steroid dienone is 1. The molecule has 0 saturated heterocycles. The van der Waals surface area contributed by atoms with Gasteiger partial charge >= 0.3 is 5.97 Å². The van der Waals surface area contributed by atoms with Gasteiger partial charge in [0.05, 0.1) is 52.5 Å². The third-order valence-corrected chi connectivity index (χ3v) is 6.78. The van der Waals surface area contributed by atoms with Crippen molar-refractivity contribution in [3.63, 3.8) is 0 Å². The number of carbonyl (C=O) groups excluding carboxylic acids is 2. The van der Waals surface area contributed by atoms with Crippen molar-refractivity contribution in [3.05, 3.63) is 104 Å². The zero-order chi connectivity index (χ0) is 26.4. The Balaban J connectivity index is 1.70. The SMILES string of the molecule is CCOC(=O)C1=C(c2ccccc2)NC(SCC(=O)Nc2cc(Cl)cc(Cl)c2)=C(C#N)C1c1ccco1. The lowest BCUT2D eigenvalue weighted by molar-refractivity contribution is -0.138. The fourth-order valence-corrected chi connectivity index (χ4v) is 5.23. The van der Waals surface area contributed by atoms with Crippen molar-refractivity contribution >= 4 is 58.2 Å². The Morgan fingerprint density at radius 1 is 1.14 bits per heavy atom. The van der Waals surface area contributed by atoms with E-state index in [1.54, 1.807) is 37.3 Å². The number of esters is 1. The third kappa shape index (κ3) is 6.20. The highest BCUT2D eigenvalue weighted by Crippen LogP contribution is 2.43. The van der Waals surface area contributed by atoms with E-state index in [9.17, 15) is 14.9 Å². The van der Waals surface area contributed by atoms with Crippen molar-refractivity contribution in [2.75, 3.05) is 17.7 Å². The van der Waals surface area contributed by atoms with Crippen molar-refractivity contribution in [1.29, 1.82) is 5.26 Å². The first-order valence-corrected chi connectivity index (χ1v) is 13.0. The molecule has 2 N–H and O–H groups in total. The number of carbonyl (C=O) groups is 2. The number of nitriles is 1. The summed E-state index contributed by atoms with van der Waals surface area (Å²) >= 11 is 13.2. The number of amides is 1. The average Bonchev–Trinajstić information content (AvgIpc) is 3.41. The molecule has 1 aromatic heterocycles. The van der Waals surface area contributed by atoms with Crippen LogP contribution in [-0.4, -0.2) is 24.2 Å². The van der Waals surface area contributed by atoms with Crippen LogP contribution in [0.1, 0.15) is 24.2 Å². The number of ether oxygens (including phenoxy) is 1. The molecular weight excluding hydrogens is 533 g/mol. The van der Waals surface area contributed by atoms with Crippen LogP contribution < -0.4 is 10.6 Å². The van der Waals surface area contributed by atoms with Gasteiger partial charge in [-0.15, -0.1) is 0 Å². The van der Waals surface area contributed by atoms with Crippen LogP contribution in [0.25, 0.3) is 5.70 Å². The van der Waals surface area contributed by atoms with Crippen molar-refractivity contribution in [2.24, 2.45) is 0 Å². The van der Waals surface area contributed by atoms with Crippen molar-refractivity contribution in [1.82, 2.24) is 5.32 Å². The molecule has 4 rings (SSSR count). The molecule has 0 radical (unpaired) electrons. The predicted molar refractivity (Wildman–Crippen MR) is 145 cm³/mol. The minimum Gasteiger partial charge on any atom is -0.468 e. The van der Waals surface area contributed by atoms with Gasteiger partial charge < -0.3 is 19.8 Å². The van der Waals surface area contributed by atoms with E-state index in [0.29, 0.717) is 32.2 Å². The summed E-state index contributed by atoms with van der Waals surface area (Å²) in [6.07, 6.45) is 1.48. The maximum atomic E-state index is 13.2. The molecule has 1 unspecified atom stereocenters. The molecule has 1 atom stereocenters. The zero-order valence-corrected chi connectivity index (χ0v) is 21.9. The summed E-state index contributed by atoms with van der Waals surface area (Å²) in [5, 5.41) is 17.4. The first-order chi connectivity index (χ1) is 17.9. The first kappa shape index (κ1) is 26.4. The number of dihydropyridines is 1. The van der Waals surface area contributed by atoms with E-state index in [-0.39, 0.29) is 29.4 Å². The van der Waals surface area contributed by atoms with Gasteiger partial charge in [-0.2, -0.15) is 5.26 Å². The Morgan fingerprint density at radius 2 is 1.86 bits per heavy atom. The topological polar surface area (TPSA) is 104 Å². The highest BCUT2D eigenvalue weighted by molar-refractivity contribution is 8.03. The summed E-state index contributed by atoms with van der Waals surface area (Å²) in [7, 11) is 0. The van der Waals surface area contributed by atoms with E-state index < -0.39 is 11.9 Å².